The Bertz CT molecular complexity index is 2860. The molecule has 0 saturated heterocycles. The van der Waals surface area contributed by atoms with Crippen molar-refractivity contribution in [2.45, 2.75) is 40.0 Å². The maximum atomic E-state index is 13.1. The Hall–Kier alpha value is -4.38. The molecule has 4 aromatic heterocycles. The van der Waals surface area contributed by atoms with E-state index < -0.39 is 49.6 Å². The van der Waals surface area contributed by atoms with E-state index in [1.54, 1.807) is 93.7 Å². The summed E-state index contributed by atoms with van der Waals surface area (Å²) < 4.78 is 98.4. The summed E-state index contributed by atoms with van der Waals surface area (Å²) in [4.78, 5) is 33.9. The second-order valence-corrected chi connectivity index (χ2v) is 24.6. The third-order valence-corrected chi connectivity index (χ3v) is 11.9. The lowest BCUT2D eigenvalue weighted by Crippen LogP contribution is -2.17. The van der Waals surface area contributed by atoms with E-state index in [9.17, 15) is 41.0 Å². The molecule has 0 aliphatic carbocycles. The third kappa shape index (κ3) is 15.6. The van der Waals surface area contributed by atoms with Crippen molar-refractivity contribution in [3.63, 3.8) is 0 Å². The van der Waals surface area contributed by atoms with Crippen LogP contribution in [-0.4, -0.2) is 60.6 Å². The van der Waals surface area contributed by atoms with Crippen LogP contribution >= 0.6 is 36.0 Å². The highest BCUT2D eigenvalue weighted by Crippen LogP contribution is 2.51. The van der Waals surface area contributed by atoms with Gasteiger partial charge < -0.3 is 27.5 Å². The quantitative estimate of drug-likeness (QED) is 0.103. The van der Waals surface area contributed by atoms with Crippen LogP contribution in [0.2, 0.25) is 10.0 Å². The molecule has 0 bridgehead atoms. The summed E-state index contributed by atoms with van der Waals surface area (Å²) in [5, 5.41) is 11.2. The van der Waals surface area contributed by atoms with Crippen molar-refractivity contribution in [3.05, 3.63) is 138 Å². The normalized spacial score (nSPS) is 12.6. The molecule has 1 N–H and O–H groups in total. The molecule has 1 unspecified atom stereocenters. The van der Waals surface area contributed by atoms with E-state index in [1.165, 1.54) is 26.2 Å². The SMILES string of the molecule is CP(C)(=S)OCC(F)(F)F.Cc1ccc(Cl)c(-c2c(O)c(C)c(-c3ccccn3)oc2=O)c1.Cc1ccc(Cl)c(-c2c(OP(C)(=S)OCC(F)(F)F)c(C)c(-c3ccccn3)oc2=O)c1. The van der Waals surface area contributed by atoms with Gasteiger partial charge in [-0.3, -0.25) is 9.97 Å². The predicted molar refractivity (Wildman–Crippen MR) is 249 cm³/mol. The average molecular weight is 1020 g/mol. The van der Waals surface area contributed by atoms with Gasteiger partial charge in [-0.1, -0.05) is 70.4 Å². The molecule has 6 rings (SSSR count). The lowest BCUT2D eigenvalue weighted by Gasteiger charge is -2.23. The van der Waals surface area contributed by atoms with Gasteiger partial charge in [-0.2, -0.15) is 26.3 Å². The van der Waals surface area contributed by atoms with Gasteiger partial charge in [0.1, 0.15) is 40.6 Å². The molecule has 0 aliphatic heterocycles. The van der Waals surface area contributed by atoms with Gasteiger partial charge in [-0.15, -0.1) is 0 Å². The standard InChI is InChI=1S/C21H18ClF3NO4PS.C18H14ClNO3.C4H8F3OPS/c1-12-7-8-15(22)14(10-12)17-19(30-31(3,32)28-11-21(23,24)25)13(2)18(29-20(17)27)16-6-4-5-9-26-16;1-10-6-7-13(19)12(9-10)15-16(21)11(2)17(23-18(15)22)14-5-3-4-8-20-14;1-9(2,10)8-3-4(5,6)7/h4-10H,11H2,1-3H3;3-9,21H,1-2H3;3H2,1-2H3. The Labute approximate surface area is 389 Å². The number of alkyl halides is 6. The van der Waals surface area contributed by atoms with E-state index in [-0.39, 0.29) is 39.2 Å². The molecule has 0 amide bonds. The summed E-state index contributed by atoms with van der Waals surface area (Å²) in [7, 11) is 0. The minimum atomic E-state index is -4.59. The van der Waals surface area contributed by atoms with Crippen molar-refractivity contribution in [3.8, 4) is 56.7 Å². The zero-order valence-corrected chi connectivity index (χ0v) is 40.4. The molecule has 22 heteroatoms. The number of pyridine rings is 2. The van der Waals surface area contributed by atoms with Gasteiger partial charge >= 0.3 is 23.6 Å². The van der Waals surface area contributed by atoms with Crippen LogP contribution in [0, 0.1) is 27.7 Å². The third-order valence-electron chi connectivity index (χ3n) is 8.48. The van der Waals surface area contributed by atoms with Gasteiger partial charge in [0, 0.05) is 51.4 Å². The highest BCUT2D eigenvalue weighted by Gasteiger charge is 2.33. The van der Waals surface area contributed by atoms with E-state index in [4.69, 9.17) is 52.9 Å². The van der Waals surface area contributed by atoms with Crippen molar-refractivity contribution in [1.29, 1.82) is 0 Å². The zero-order chi connectivity index (χ0) is 48.7. The van der Waals surface area contributed by atoms with Gasteiger partial charge in [-0.05, 0) is 101 Å². The van der Waals surface area contributed by atoms with Crippen LogP contribution in [0.25, 0.3) is 45.2 Å². The van der Waals surface area contributed by atoms with Crippen LogP contribution in [-0.2, 0) is 32.7 Å². The van der Waals surface area contributed by atoms with Crippen LogP contribution < -0.4 is 15.8 Å². The highest BCUT2D eigenvalue weighted by atomic mass is 35.5. The Morgan fingerprint density at radius 2 is 1.09 bits per heavy atom. The van der Waals surface area contributed by atoms with Crippen LogP contribution in [0.3, 0.4) is 0 Å². The number of aromatic hydroxyl groups is 1. The van der Waals surface area contributed by atoms with Gasteiger partial charge in [0.05, 0.1) is 6.26 Å². The Kier molecular flexibility index (Phi) is 18.0. The van der Waals surface area contributed by atoms with Crippen molar-refractivity contribution in [2.75, 3.05) is 33.2 Å². The van der Waals surface area contributed by atoms with Crippen molar-refractivity contribution >= 4 is 59.6 Å². The smallest absolute Gasteiger partial charge is 0.412 e. The summed E-state index contributed by atoms with van der Waals surface area (Å²) in [5.41, 5.74) is 2.63. The maximum Gasteiger partial charge on any atom is 0.412 e. The predicted octanol–water partition coefficient (Wildman–Crippen LogP) is 13.1. The maximum absolute atomic E-state index is 13.1. The molecule has 4 heterocycles. The molecule has 2 aromatic carbocycles. The lowest BCUT2D eigenvalue weighted by molar-refractivity contribution is -0.153. The fourth-order valence-corrected chi connectivity index (χ4v) is 7.97. The second kappa shape index (κ2) is 21.9. The van der Waals surface area contributed by atoms with Crippen LogP contribution in [0.15, 0.2) is 104 Å². The molecule has 0 aliphatic rings. The first-order valence-electron chi connectivity index (χ1n) is 18.7. The molecule has 65 heavy (non-hydrogen) atoms. The molecule has 0 radical (unpaired) electrons. The largest absolute Gasteiger partial charge is 0.507 e. The molecule has 0 fully saturated rings. The van der Waals surface area contributed by atoms with Gasteiger partial charge in [0.15, 0.2) is 18.1 Å². The Morgan fingerprint density at radius 1 is 0.662 bits per heavy atom. The molecule has 0 spiro atoms. The summed E-state index contributed by atoms with van der Waals surface area (Å²) in [6.45, 7) is 4.95. The fraction of sp³-hybridized carbons (Fsp3) is 0.256. The Morgan fingerprint density at radius 3 is 1.51 bits per heavy atom. The molecular formula is C43H40Cl2F6N2O8P2S2. The van der Waals surface area contributed by atoms with Crippen molar-refractivity contribution in [2.24, 2.45) is 0 Å². The molecule has 10 nitrogen and oxygen atoms in total. The van der Waals surface area contributed by atoms with Crippen molar-refractivity contribution in [1.82, 2.24) is 9.97 Å². The van der Waals surface area contributed by atoms with Gasteiger partial charge in [-0.25, -0.2) is 9.59 Å². The van der Waals surface area contributed by atoms with Crippen LogP contribution in [0.1, 0.15) is 22.3 Å². The number of nitrogens with zero attached hydrogens (tertiary/aromatic N) is 2. The molecular weight excluding hydrogens is 983 g/mol. The number of aromatic nitrogens is 2. The number of aryl methyl sites for hydroxylation is 2. The Balaban J connectivity index is 0.000000243. The fourth-order valence-electron chi connectivity index (χ4n) is 5.56. The minimum absolute atomic E-state index is 0.0532. The van der Waals surface area contributed by atoms with Crippen LogP contribution in [0.5, 0.6) is 11.5 Å². The highest BCUT2D eigenvalue weighted by molar-refractivity contribution is 8.11. The van der Waals surface area contributed by atoms with E-state index in [0.29, 0.717) is 38.7 Å². The minimum Gasteiger partial charge on any atom is -0.507 e. The molecule has 1 atom stereocenters. The summed E-state index contributed by atoms with van der Waals surface area (Å²) in [5.74, 6) is 0.154. The first-order valence-corrected chi connectivity index (χ1v) is 26.2. The van der Waals surface area contributed by atoms with E-state index >= 15 is 0 Å². The lowest BCUT2D eigenvalue weighted by atomic mass is 10.0. The summed E-state index contributed by atoms with van der Waals surface area (Å²) in [6, 6.07) is 20.5. The second-order valence-electron chi connectivity index (χ2n) is 14.4. The number of halogens is 8. The first-order chi connectivity index (χ1) is 30.1. The van der Waals surface area contributed by atoms with E-state index in [1.807, 2.05) is 13.0 Å². The number of benzene rings is 2. The van der Waals surface area contributed by atoms with Gasteiger partial charge in [0.2, 0.25) is 6.49 Å². The number of hydrogen-bond acceptors (Lipinski definition) is 12. The number of rotatable bonds is 10. The molecule has 6 aromatic rings. The summed E-state index contributed by atoms with van der Waals surface area (Å²) >= 11 is 22.4. The molecule has 0 saturated carbocycles. The average Bonchev–Trinajstić information content (AvgIpc) is 3.22. The summed E-state index contributed by atoms with van der Waals surface area (Å²) in [6.07, 6.45) is -7.88. The first kappa shape index (κ1) is 53.2. The van der Waals surface area contributed by atoms with Gasteiger partial charge in [0.25, 0.3) is 0 Å². The monoisotopic (exact) mass is 1020 g/mol. The van der Waals surface area contributed by atoms with E-state index in [0.717, 1.165) is 11.1 Å². The van der Waals surface area contributed by atoms with Crippen molar-refractivity contribution < 1.29 is 53.9 Å². The molecule has 348 valence electrons. The number of hydrogen-bond donors (Lipinski definition) is 1. The van der Waals surface area contributed by atoms with Crippen LogP contribution in [0.4, 0.5) is 26.3 Å². The topological polar surface area (TPSA) is 134 Å². The zero-order valence-electron chi connectivity index (χ0n) is 35.4. The van der Waals surface area contributed by atoms with E-state index in [2.05, 4.69) is 26.3 Å².